The molecule has 0 aliphatic heterocycles. The summed E-state index contributed by atoms with van der Waals surface area (Å²) in [6.45, 7) is 0. The molecule has 0 saturated heterocycles. The summed E-state index contributed by atoms with van der Waals surface area (Å²) in [7, 11) is 0. The van der Waals surface area contributed by atoms with Crippen molar-refractivity contribution in [2.75, 3.05) is 0 Å². The minimum atomic E-state index is -1.27. The number of rotatable bonds is 2. The van der Waals surface area contributed by atoms with Crippen molar-refractivity contribution in [1.29, 1.82) is 0 Å². The molecule has 1 rings (SSSR count). The van der Waals surface area contributed by atoms with Gasteiger partial charge in [0.15, 0.2) is 0 Å². The topological polar surface area (TPSA) is 54.4 Å². The highest BCUT2D eigenvalue weighted by molar-refractivity contribution is 6.33. The van der Waals surface area contributed by atoms with E-state index in [0.29, 0.717) is 0 Å². The molecule has 1 aliphatic rings. The van der Waals surface area contributed by atoms with E-state index in [9.17, 15) is 9.59 Å². The number of carbonyl (C=O) groups is 2. The fourth-order valence-corrected chi connectivity index (χ4v) is 1.36. The fourth-order valence-electron chi connectivity index (χ4n) is 1.36. The molecule has 3 heteroatoms. The van der Waals surface area contributed by atoms with Crippen LogP contribution in [0.2, 0.25) is 0 Å². The maximum Gasteiger partial charge on any atom is 0.372 e. The second-order valence-electron chi connectivity index (χ2n) is 2.65. The normalized spacial score (nSPS) is 19.2. The van der Waals surface area contributed by atoms with Crippen molar-refractivity contribution < 1.29 is 14.7 Å². The molecule has 0 spiro atoms. The fraction of sp³-hybridized carbons (Fsp3) is 0.714. The molecule has 0 aromatic rings. The number of carboxylic acid groups (broad SMARTS) is 1. The van der Waals surface area contributed by atoms with Crippen molar-refractivity contribution in [3.63, 3.8) is 0 Å². The van der Waals surface area contributed by atoms with Crippen molar-refractivity contribution in [3.8, 4) is 0 Å². The first kappa shape index (κ1) is 7.25. The van der Waals surface area contributed by atoms with Gasteiger partial charge in [0.2, 0.25) is 5.78 Å². The van der Waals surface area contributed by atoms with E-state index in [1.807, 2.05) is 0 Å². The zero-order valence-electron chi connectivity index (χ0n) is 5.67. The molecule has 0 heterocycles. The van der Waals surface area contributed by atoms with Crippen LogP contribution in [-0.4, -0.2) is 16.9 Å². The van der Waals surface area contributed by atoms with E-state index in [4.69, 9.17) is 5.11 Å². The predicted molar refractivity (Wildman–Crippen MR) is 34.6 cm³/mol. The van der Waals surface area contributed by atoms with Crippen molar-refractivity contribution in [1.82, 2.24) is 0 Å². The highest BCUT2D eigenvalue weighted by atomic mass is 16.4. The predicted octanol–water partition coefficient (Wildman–Crippen LogP) is 0.830. The van der Waals surface area contributed by atoms with E-state index >= 15 is 0 Å². The summed E-state index contributed by atoms with van der Waals surface area (Å²) in [6.07, 6.45) is 3.55. The summed E-state index contributed by atoms with van der Waals surface area (Å²) in [5, 5.41) is 8.29. The smallest absolute Gasteiger partial charge is 0.372 e. The first-order valence-electron chi connectivity index (χ1n) is 3.49. The highest BCUT2D eigenvalue weighted by Crippen LogP contribution is 2.25. The first-order chi connectivity index (χ1) is 4.72. The van der Waals surface area contributed by atoms with Crippen LogP contribution < -0.4 is 0 Å². The third-order valence-electron chi connectivity index (χ3n) is 1.94. The van der Waals surface area contributed by atoms with Crippen molar-refractivity contribution in [2.24, 2.45) is 5.92 Å². The zero-order valence-corrected chi connectivity index (χ0v) is 5.67. The molecular formula is C7H10O3. The summed E-state index contributed by atoms with van der Waals surface area (Å²) in [4.78, 5) is 20.9. The van der Waals surface area contributed by atoms with Crippen LogP contribution in [0.25, 0.3) is 0 Å². The number of ketones is 1. The second kappa shape index (κ2) is 2.82. The van der Waals surface area contributed by atoms with Crippen LogP contribution in [0.15, 0.2) is 0 Å². The number of aliphatic carboxylic acids is 1. The molecule has 0 amide bonds. The summed E-state index contributed by atoms with van der Waals surface area (Å²) in [5.74, 6) is -2.05. The average Bonchev–Trinajstić information content (AvgIpc) is 2.36. The monoisotopic (exact) mass is 142 g/mol. The molecule has 0 aromatic carbocycles. The van der Waals surface area contributed by atoms with Gasteiger partial charge in [0.05, 0.1) is 0 Å². The van der Waals surface area contributed by atoms with E-state index in [2.05, 4.69) is 0 Å². The Morgan fingerprint density at radius 2 is 1.70 bits per heavy atom. The van der Waals surface area contributed by atoms with Crippen LogP contribution in [0.4, 0.5) is 0 Å². The van der Waals surface area contributed by atoms with Crippen LogP contribution in [-0.2, 0) is 9.59 Å². The molecular weight excluding hydrogens is 132 g/mol. The molecule has 1 N–H and O–H groups in total. The molecule has 1 saturated carbocycles. The van der Waals surface area contributed by atoms with Crippen molar-refractivity contribution in [3.05, 3.63) is 0 Å². The Bertz CT molecular complexity index is 156. The van der Waals surface area contributed by atoms with Gasteiger partial charge in [-0.2, -0.15) is 0 Å². The van der Waals surface area contributed by atoms with Gasteiger partial charge in [-0.3, -0.25) is 4.79 Å². The molecule has 0 unspecified atom stereocenters. The summed E-state index contributed by atoms with van der Waals surface area (Å²) >= 11 is 0. The Morgan fingerprint density at radius 1 is 1.20 bits per heavy atom. The maximum atomic E-state index is 10.7. The Hall–Kier alpha value is -0.860. The summed E-state index contributed by atoms with van der Waals surface area (Å²) in [5.41, 5.74) is 0. The molecule has 3 nitrogen and oxygen atoms in total. The van der Waals surface area contributed by atoms with Gasteiger partial charge in [0.1, 0.15) is 0 Å². The number of carbonyl (C=O) groups excluding carboxylic acids is 1. The molecule has 0 atom stereocenters. The van der Waals surface area contributed by atoms with Crippen LogP contribution in [0, 0.1) is 5.92 Å². The first-order valence-corrected chi connectivity index (χ1v) is 3.49. The van der Waals surface area contributed by atoms with Crippen molar-refractivity contribution in [2.45, 2.75) is 25.7 Å². The molecule has 0 bridgehead atoms. The molecule has 10 heavy (non-hydrogen) atoms. The Kier molecular flexibility index (Phi) is 2.04. The SMILES string of the molecule is O=C(O)C(=O)C1CCCC1. The van der Waals surface area contributed by atoms with Gasteiger partial charge in [0, 0.05) is 5.92 Å². The van der Waals surface area contributed by atoms with Gasteiger partial charge < -0.3 is 5.11 Å². The van der Waals surface area contributed by atoms with E-state index < -0.39 is 11.8 Å². The summed E-state index contributed by atoms with van der Waals surface area (Å²) < 4.78 is 0. The van der Waals surface area contributed by atoms with E-state index in [-0.39, 0.29) is 5.92 Å². The van der Waals surface area contributed by atoms with E-state index in [1.165, 1.54) is 0 Å². The molecule has 1 aliphatic carbocycles. The summed E-state index contributed by atoms with van der Waals surface area (Å²) in [6, 6.07) is 0. The van der Waals surface area contributed by atoms with E-state index in [1.54, 1.807) is 0 Å². The van der Waals surface area contributed by atoms with E-state index in [0.717, 1.165) is 25.7 Å². The lowest BCUT2D eigenvalue weighted by Crippen LogP contribution is -2.20. The number of Topliss-reactive ketones (excluding diaryl/α,β-unsaturated/α-hetero) is 1. The van der Waals surface area contributed by atoms with Crippen molar-refractivity contribution >= 4 is 11.8 Å². The lowest BCUT2D eigenvalue weighted by atomic mass is 10.0. The average molecular weight is 142 g/mol. The zero-order chi connectivity index (χ0) is 7.56. The second-order valence-corrected chi connectivity index (χ2v) is 2.65. The van der Waals surface area contributed by atoms with Crippen LogP contribution in [0.3, 0.4) is 0 Å². The van der Waals surface area contributed by atoms with Gasteiger partial charge in [-0.05, 0) is 12.8 Å². The van der Waals surface area contributed by atoms with Gasteiger partial charge in [-0.1, -0.05) is 12.8 Å². The van der Waals surface area contributed by atoms with Gasteiger partial charge >= 0.3 is 5.97 Å². The lowest BCUT2D eigenvalue weighted by molar-refractivity contribution is -0.151. The standard InChI is InChI=1S/C7H10O3/c8-6(7(9)10)5-3-1-2-4-5/h5H,1-4H2,(H,9,10). The molecule has 56 valence electrons. The van der Waals surface area contributed by atoms with Crippen LogP contribution >= 0.6 is 0 Å². The minimum Gasteiger partial charge on any atom is -0.475 e. The van der Waals surface area contributed by atoms with Crippen LogP contribution in [0.5, 0.6) is 0 Å². The Labute approximate surface area is 59.0 Å². The van der Waals surface area contributed by atoms with Gasteiger partial charge in [0.25, 0.3) is 0 Å². The number of hydrogen-bond donors (Lipinski definition) is 1. The van der Waals surface area contributed by atoms with Gasteiger partial charge in [-0.25, -0.2) is 4.79 Å². The third kappa shape index (κ3) is 1.35. The quantitative estimate of drug-likeness (QED) is 0.581. The minimum absolute atomic E-state index is 0.183. The molecule has 1 fully saturated rings. The lowest BCUT2D eigenvalue weighted by Gasteiger charge is -2.00. The largest absolute Gasteiger partial charge is 0.475 e. The Morgan fingerprint density at radius 3 is 2.10 bits per heavy atom. The highest BCUT2D eigenvalue weighted by Gasteiger charge is 2.27. The number of carboxylic acids is 1. The maximum absolute atomic E-state index is 10.7. The third-order valence-corrected chi connectivity index (χ3v) is 1.94. The van der Waals surface area contributed by atoms with Gasteiger partial charge in [-0.15, -0.1) is 0 Å². The Balaban J connectivity index is 2.48. The molecule has 0 radical (unpaired) electrons. The van der Waals surface area contributed by atoms with Crippen LogP contribution in [0.1, 0.15) is 25.7 Å². The molecule has 0 aromatic heterocycles. The number of hydrogen-bond acceptors (Lipinski definition) is 2.